The number of rotatable bonds is 4. The summed E-state index contributed by atoms with van der Waals surface area (Å²) in [6.07, 6.45) is 9.34. The number of likely N-dealkylation sites (N-methyl/N-ethyl adjacent to an activating group) is 1. The van der Waals surface area contributed by atoms with Crippen LogP contribution in [0.3, 0.4) is 0 Å². The molecule has 21 heavy (non-hydrogen) atoms. The third kappa shape index (κ3) is 2.76. The van der Waals surface area contributed by atoms with Gasteiger partial charge in [-0.2, -0.15) is 0 Å². The summed E-state index contributed by atoms with van der Waals surface area (Å²) in [5, 5.41) is 11.0. The van der Waals surface area contributed by atoms with Crippen LogP contribution in [-0.4, -0.2) is 35.7 Å². The fourth-order valence-corrected chi connectivity index (χ4v) is 4.48. The van der Waals surface area contributed by atoms with Crippen molar-refractivity contribution in [3.8, 4) is 0 Å². The van der Waals surface area contributed by atoms with Crippen molar-refractivity contribution in [2.45, 2.75) is 68.9 Å². The Hall–Kier alpha value is -0.860. The molecule has 1 aromatic rings. The molecule has 1 saturated carbocycles. The molecule has 0 aromatic heterocycles. The number of aliphatic hydroxyl groups excluding tert-OH is 1. The van der Waals surface area contributed by atoms with E-state index >= 15 is 0 Å². The number of fused-ring (bicyclic) bond motifs is 1. The third-order valence-corrected chi connectivity index (χ3v) is 5.95. The number of benzene rings is 1. The minimum Gasteiger partial charge on any atom is -0.391 e. The second-order valence-corrected chi connectivity index (χ2v) is 7.26. The van der Waals surface area contributed by atoms with Gasteiger partial charge in [-0.1, -0.05) is 49.9 Å². The van der Waals surface area contributed by atoms with Crippen molar-refractivity contribution in [2.24, 2.45) is 0 Å². The Morgan fingerprint density at radius 1 is 1.14 bits per heavy atom. The molecule has 1 fully saturated rings. The first kappa shape index (κ1) is 15.1. The third-order valence-electron chi connectivity index (χ3n) is 5.95. The highest BCUT2D eigenvalue weighted by molar-refractivity contribution is 5.40. The van der Waals surface area contributed by atoms with Gasteiger partial charge in [0.2, 0.25) is 0 Å². The summed E-state index contributed by atoms with van der Waals surface area (Å²) in [6.45, 7) is 0. The van der Waals surface area contributed by atoms with Crippen molar-refractivity contribution in [1.82, 2.24) is 4.90 Å². The van der Waals surface area contributed by atoms with Gasteiger partial charge < -0.3 is 10.0 Å². The van der Waals surface area contributed by atoms with E-state index in [0.29, 0.717) is 5.92 Å². The summed E-state index contributed by atoms with van der Waals surface area (Å²) in [5.74, 6) is 0.566. The van der Waals surface area contributed by atoms with E-state index in [-0.39, 0.29) is 11.6 Å². The highest BCUT2D eigenvalue weighted by Crippen LogP contribution is 2.42. The van der Waals surface area contributed by atoms with Crippen LogP contribution in [0.15, 0.2) is 24.3 Å². The summed E-state index contributed by atoms with van der Waals surface area (Å²) in [5.41, 5.74) is 2.95. The van der Waals surface area contributed by atoms with E-state index in [1.807, 2.05) is 0 Å². The molecule has 2 aliphatic carbocycles. The predicted molar refractivity (Wildman–Crippen MR) is 87.6 cm³/mol. The van der Waals surface area contributed by atoms with Gasteiger partial charge in [-0.05, 0) is 56.8 Å². The molecule has 0 saturated heterocycles. The minimum atomic E-state index is -0.205. The first-order valence-corrected chi connectivity index (χ1v) is 8.57. The molecule has 0 radical (unpaired) electrons. The molecule has 2 nitrogen and oxygen atoms in total. The van der Waals surface area contributed by atoms with Crippen LogP contribution < -0.4 is 0 Å². The standard InChI is InChI=1S/C19H29NO/c1-20(2)19(11-7-3-4-8-12-19)18(21)14-16-13-15-9-5-6-10-17(15)16/h5-6,9-10,16,18,21H,3-4,7-8,11-14H2,1-2H3. The monoisotopic (exact) mass is 287 g/mol. The SMILES string of the molecule is CN(C)C1(C(O)CC2Cc3ccccc32)CCCCCC1. The molecule has 0 aliphatic heterocycles. The van der Waals surface area contributed by atoms with Gasteiger partial charge in [0, 0.05) is 5.54 Å². The maximum absolute atomic E-state index is 11.0. The quantitative estimate of drug-likeness (QED) is 0.853. The van der Waals surface area contributed by atoms with Crippen molar-refractivity contribution in [2.75, 3.05) is 14.1 Å². The number of aliphatic hydroxyl groups is 1. The van der Waals surface area contributed by atoms with E-state index in [2.05, 4.69) is 43.3 Å². The van der Waals surface area contributed by atoms with E-state index in [4.69, 9.17) is 0 Å². The predicted octanol–water partition coefficient (Wildman–Crippen LogP) is 3.73. The van der Waals surface area contributed by atoms with Crippen LogP contribution in [0.25, 0.3) is 0 Å². The molecule has 2 atom stereocenters. The molecule has 0 heterocycles. The molecule has 2 aliphatic rings. The Morgan fingerprint density at radius 3 is 2.43 bits per heavy atom. The lowest BCUT2D eigenvalue weighted by Gasteiger charge is -2.45. The van der Waals surface area contributed by atoms with Crippen molar-refractivity contribution < 1.29 is 5.11 Å². The van der Waals surface area contributed by atoms with Crippen LogP contribution in [0.5, 0.6) is 0 Å². The second-order valence-electron chi connectivity index (χ2n) is 7.26. The van der Waals surface area contributed by atoms with E-state index in [1.165, 1.54) is 36.8 Å². The highest BCUT2D eigenvalue weighted by Gasteiger charge is 2.42. The summed E-state index contributed by atoms with van der Waals surface area (Å²) in [7, 11) is 4.31. The first-order chi connectivity index (χ1) is 10.1. The molecule has 1 aromatic carbocycles. The van der Waals surface area contributed by atoms with Gasteiger partial charge >= 0.3 is 0 Å². The van der Waals surface area contributed by atoms with Crippen molar-refractivity contribution in [1.29, 1.82) is 0 Å². The lowest BCUT2D eigenvalue weighted by atomic mass is 9.71. The van der Waals surface area contributed by atoms with Crippen molar-refractivity contribution in [3.05, 3.63) is 35.4 Å². The van der Waals surface area contributed by atoms with Crippen LogP contribution in [0, 0.1) is 0 Å². The fraction of sp³-hybridized carbons (Fsp3) is 0.684. The zero-order chi connectivity index (χ0) is 14.9. The van der Waals surface area contributed by atoms with Gasteiger partial charge in [0.05, 0.1) is 6.10 Å². The Kier molecular flexibility index (Phi) is 4.37. The van der Waals surface area contributed by atoms with Crippen LogP contribution in [0.2, 0.25) is 0 Å². The molecule has 0 bridgehead atoms. The molecule has 1 N–H and O–H groups in total. The van der Waals surface area contributed by atoms with Crippen LogP contribution in [-0.2, 0) is 6.42 Å². The normalized spacial score (nSPS) is 25.8. The second kappa shape index (κ2) is 6.10. The minimum absolute atomic E-state index is 0.00103. The van der Waals surface area contributed by atoms with Gasteiger partial charge in [0.1, 0.15) is 0 Å². The van der Waals surface area contributed by atoms with Gasteiger partial charge in [0.25, 0.3) is 0 Å². The Labute approximate surface area is 129 Å². The van der Waals surface area contributed by atoms with E-state index in [1.54, 1.807) is 0 Å². The Balaban J connectivity index is 1.72. The molecule has 2 unspecified atom stereocenters. The summed E-state index contributed by atoms with van der Waals surface area (Å²) in [4.78, 5) is 2.31. The summed E-state index contributed by atoms with van der Waals surface area (Å²) < 4.78 is 0. The van der Waals surface area contributed by atoms with Gasteiger partial charge in [0.15, 0.2) is 0 Å². The average Bonchev–Trinajstić information content (AvgIpc) is 2.71. The number of hydrogen-bond acceptors (Lipinski definition) is 2. The van der Waals surface area contributed by atoms with Crippen LogP contribution >= 0.6 is 0 Å². The Morgan fingerprint density at radius 2 is 1.81 bits per heavy atom. The van der Waals surface area contributed by atoms with Crippen LogP contribution in [0.4, 0.5) is 0 Å². The molecule has 3 rings (SSSR count). The maximum atomic E-state index is 11.0. The Bertz CT molecular complexity index is 474. The maximum Gasteiger partial charge on any atom is 0.0729 e. The average molecular weight is 287 g/mol. The van der Waals surface area contributed by atoms with Gasteiger partial charge in [-0.25, -0.2) is 0 Å². The van der Waals surface area contributed by atoms with E-state index in [9.17, 15) is 5.11 Å². The summed E-state index contributed by atoms with van der Waals surface area (Å²) >= 11 is 0. The topological polar surface area (TPSA) is 23.5 Å². The number of hydrogen-bond donors (Lipinski definition) is 1. The van der Waals surface area contributed by atoms with Gasteiger partial charge in [-0.15, -0.1) is 0 Å². The molecular weight excluding hydrogens is 258 g/mol. The molecular formula is C19H29NO. The molecule has 2 heteroatoms. The van der Waals surface area contributed by atoms with Crippen molar-refractivity contribution >= 4 is 0 Å². The molecule has 116 valence electrons. The largest absolute Gasteiger partial charge is 0.391 e. The first-order valence-electron chi connectivity index (χ1n) is 8.57. The summed E-state index contributed by atoms with van der Waals surface area (Å²) in [6, 6.07) is 8.72. The lowest BCUT2D eigenvalue weighted by Crippen LogP contribution is -2.54. The number of nitrogens with zero attached hydrogens (tertiary/aromatic N) is 1. The lowest BCUT2D eigenvalue weighted by molar-refractivity contribution is -0.0269. The smallest absolute Gasteiger partial charge is 0.0729 e. The fourth-order valence-electron chi connectivity index (χ4n) is 4.48. The van der Waals surface area contributed by atoms with Gasteiger partial charge in [-0.3, -0.25) is 0 Å². The van der Waals surface area contributed by atoms with E-state index < -0.39 is 0 Å². The zero-order valence-corrected chi connectivity index (χ0v) is 13.5. The zero-order valence-electron chi connectivity index (χ0n) is 13.5. The van der Waals surface area contributed by atoms with Crippen molar-refractivity contribution in [3.63, 3.8) is 0 Å². The highest BCUT2D eigenvalue weighted by atomic mass is 16.3. The van der Waals surface area contributed by atoms with Crippen LogP contribution in [0.1, 0.15) is 62.0 Å². The molecule has 0 amide bonds. The molecule has 0 spiro atoms. The van der Waals surface area contributed by atoms with E-state index in [0.717, 1.165) is 25.7 Å².